The summed E-state index contributed by atoms with van der Waals surface area (Å²) in [5.74, 6) is -4.40. The molecule has 9 fully saturated rings. The van der Waals surface area contributed by atoms with Crippen LogP contribution in [-0.4, -0.2) is 79.8 Å². The van der Waals surface area contributed by atoms with E-state index in [2.05, 4.69) is 0 Å². The summed E-state index contributed by atoms with van der Waals surface area (Å²) in [4.78, 5) is 68.1. The van der Waals surface area contributed by atoms with Crippen LogP contribution >= 0.6 is 0 Å². The van der Waals surface area contributed by atoms with Gasteiger partial charge in [0.25, 0.3) is 0 Å². The van der Waals surface area contributed by atoms with Gasteiger partial charge in [0, 0.05) is 32.1 Å². The van der Waals surface area contributed by atoms with Crippen LogP contribution in [0.4, 0.5) is 0 Å². The van der Waals surface area contributed by atoms with Crippen molar-refractivity contribution in [2.24, 2.45) is 40.9 Å². The summed E-state index contributed by atoms with van der Waals surface area (Å²) < 4.78 is 29.7. The predicted octanol–water partition coefficient (Wildman–Crippen LogP) is 5.65. The van der Waals surface area contributed by atoms with Crippen LogP contribution in [0.2, 0.25) is 0 Å². The van der Waals surface area contributed by atoms with Crippen molar-refractivity contribution in [1.82, 2.24) is 0 Å². The van der Waals surface area contributed by atoms with E-state index in [9.17, 15) is 34.2 Å². The molecule has 0 aromatic carbocycles. The lowest BCUT2D eigenvalue weighted by Gasteiger charge is -2.62. The SMILES string of the molecule is CCC(CC(CC(C)C(=O)OC1CC(C)(C)OC1=O)C(=O)OC12CC3CC(O)(CC(O)(C3)C1)C2)C(=O)OC12CC3CC(C1)CC(C(=O)OC(C)(C)C)(C3)C2. The van der Waals surface area contributed by atoms with Crippen molar-refractivity contribution in [2.75, 3.05) is 0 Å². The van der Waals surface area contributed by atoms with Crippen LogP contribution in [0.15, 0.2) is 0 Å². The predicted molar refractivity (Wildman–Crippen MR) is 192 cm³/mol. The van der Waals surface area contributed by atoms with E-state index < -0.39 is 86.8 Å². The lowest BCUT2D eigenvalue weighted by Crippen LogP contribution is -2.67. The van der Waals surface area contributed by atoms with Gasteiger partial charge in [0.15, 0.2) is 0 Å². The average molecular weight is 759 g/mol. The summed E-state index contributed by atoms with van der Waals surface area (Å²) in [6.07, 6.45) is 6.27. The number of hydrogen-bond donors (Lipinski definition) is 2. The minimum atomic E-state index is -1.12. The highest BCUT2D eigenvalue weighted by Gasteiger charge is 2.66. The van der Waals surface area contributed by atoms with E-state index in [0.29, 0.717) is 44.9 Å². The number of hydrogen-bond acceptors (Lipinski definition) is 12. The molecule has 8 atom stereocenters. The van der Waals surface area contributed by atoms with Gasteiger partial charge < -0.3 is 33.9 Å². The van der Waals surface area contributed by atoms with E-state index in [1.165, 1.54) is 0 Å². The maximum atomic E-state index is 14.4. The molecule has 8 saturated carbocycles. The van der Waals surface area contributed by atoms with Crippen molar-refractivity contribution >= 4 is 29.8 Å². The van der Waals surface area contributed by atoms with Crippen LogP contribution in [0.3, 0.4) is 0 Å². The number of cyclic esters (lactones) is 1. The van der Waals surface area contributed by atoms with Gasteiger partial charge in [0.1, 0.15) is 22.4 Å². The largest absolute Gasteiger partial charge is 0.460 e. The molecule has 12 heteroatoms. The van der Waals surface area contributed by atoms with Crippen molar-refractivity contribution in [3.63, 3.8) is 0 Å². The smallest absolute Gasteiger partial charge is 0.348 e. The molecule has 2 N–H and O–H groups in total. The zero-order chi connectivity index (χ0) is 39.3. The second-order valence-corrected chi connectivity index (χ2v) is 20.9. The van der Waals surface area contributed by atoms with E-state index in [-0.39, 0.29) is 62.2 Å². The van der Waals surface area contributed by atoms with Crippen LogP contribution < -0.4 is 0 Å². The Morgan fingerprint density at radius 1 is 0.759 bits per heavy atom. The molecule has 0 spiro atoms. The van der Waals surface area contributed by atoms with Crippen LogP contribution in [0.5, 0.6) is 0 Å². The van der Waals surface area contributed by atoms with Gasteiger partial charge in [0.05, 0.1) is 34.4 Å². The number of carbonyl (C=O) groups is 5. The summed E-state index contributed by atoms with van der Waals surface area (Å²) >= 11 is 0. The van der Waals surface area contributed by atoms with Crippen molar-refractivity contribution in [1.29, 1.82) is 0 Å². The number of carbonyl (C=O) groups excluding carboxylic acids is 5. The molecular weight excluding hydrogens is 696 g/mol. The van der Waals surface area contributed by atoms with Gasteiger partial charge in [-0.3, -0.25) is 19.2 Å². The Hall–Kier alpha value is -2.73. The second-order valence-electron chi connectivity index (χ2n) is 20.9. The van der Waals surface area contributed by atoms with Crippen molar-refractivity contribution in [3.05, 3.63) is 0 Å². The summed E-state index contributed by atoms with van der Waals surface area (Å²) in [5.41, 5.74) is -6.14. The first kappa shape index (κ1) is 39.5. The molecule has 12 nitrogen and oxygen atoms in total. The highest BCUT2D eigenvalue weighted by Crippen LogP contribution is 2.64. The number of aliphatic hydroxyl groups is 2. The number of esters is 5. The van der Waals surface area contributed by atoms with Gasteiger partial charge in [-0.15, -0.1) is 0 Å². The van der Waals surface area contributed by atoms with Gasteiger partial charge >= 0.3 is 29.8 Å². The maximum absolute atomic E-state index is 14.4. The number of ether oxygens (including phenoxy) is 5. The molecular formula is C42H62O12. The molecule has 1 aliphatic heterocycles. The number of rotatable bonds is 12. The average Bonchev–Trinajstić information content (AvgIpc) is 3.25. The molecule has 1 heterocycles. The highest BCUT2D eigenvalue weighted by molar-refractivity contribution is 5.83. The third-order valence-electron chi connectivity index (χ3n) is 13.8. The topological polar surface area (TPSA) is 172 Å². The monoisotopic (exact) mass is 758 g/mol. The Balaban J connectivity index is 1.09. The van der Waals surface area contributed by atoms with Crippen LogP contribution in [0, 0.1) is 40.9 Å². The van der Waals surface area contributed by atoms with Gasteiger partial charge in [-0.2, -0.15) is 0 Å². The van der Waals surface area contributed by atoms with Crippen molar-refractivity contribution < 1.29 is 57.9 Å². The molecule has 0 aromatic rings. The molecule has 0 aromatic heterocycles. The minimum Gasteiger partial charge on any atom is -0.460 e. The van der Waals surface area contributed by atoms with E-state index in [0.717, 1.165) is 19.3 Å². The molecule has 54 heavy (non-hydrogen) atoms. The van der Waals surface area contributed by atoms with Crippen LogP contribution in [-0.2, 0) is 47.7 Å². The first-order valence-electron chi connectivity index (χ1n) is 20.5. The van der Waals surface area contributed by atoms with E-state index in [1.54, 1.807) is 20.8 Å². The molecule has 9 rings (SSSR count). The van der Waals surface area contributed by atoms with Gasteiger partial charge in [0.2, 0.25) is 6.10 Å². The van der Waals surface area contributed by atoms with Crippen LogP contribution in [0.25, 0.3) is 0 Å². The fourth-order valence-corrected chi connectivity index (χ4v) is 12.7. The summed E-state index contributed by atoms with van der Waals surface area (Å²) in [6.45, 7) is 12.6. The van der Waals surface area contributed by atoms with Crippen molar-refractivity contribution in [2.45, 2.75) is 191 Å². The highest BCUT2D eigenvalue weighted by atomic mass is 16.6. The maximum Gasteiger partial charge on any atom is 0.348 e. The lowest BCUT2D eigenvalue weighted by molar-refractivity contribution is -0.263. The Morgan fingerprint density at radius 2 is 1.33 bits per heavy atom. The third-order valence-corrected chi connectivity index (χ3v) is 13.8. The fraction of sp³-hybridized carbons (Fsp3) is 0.881. The van der Waals surface area contributed by atoms with Gasteiger partial charge in [-0.1, -0.05) is 13.8 Å². The molecule has 8 bridgehead atoms. The summed E-state index contributed by atoms with van der Waals surface area (Å²) in [6, 6.07) is 0. The zero-order valence-corrected chi connectivity index (χ0v) is 33.3. The quantitative estimate of drug-likeness (QED) is 0.186. The molecule has 1 saturated heterocycles. The molecule has 8 unspecified atom stereocenters. The van der Waals surface area contributed by atoms with E-state index >= 15 is 0 Å². The molecule has 9 aliphatic rings. The van der Waals surface area contributed by atoms with Crippen molar-refractivity contribution in [3.8, 4) is 0 Å². The Kier molecular flexibility index (Phi) is 9.63. The van der Waals surface area contributed by atoms with E-state index in [4.69, 9.17) is 23.7 Å². The molecule has 0 amide bonds. The molecule has 302 valence electrons. The summed E-state index contributed by atoms with van der Waals surface area (Å²) in [7, 11) is 0. The van der Waals surface area contributed by atoms with Gasteiger partial charge in [-0.05, 0) is 123 Å². The fourth-order valence-electron chi connectivity index (χ4n) is 12.7. The van der Waals surface area contributed by atoms with Crippen LogP contribution in [0.1, 0.15) is 151 Å². The van der Waals surface area contributed by atoms with Gasteiger partial charge in [-0.25, -0.2) is 4.79 Å². The normalized spacial score (nSPS) is 41.5. The zero-order valence-electron chi connectivity index (χ0n) is 33.3. The molecule has 8 aliphatic carbocycles. The summed E-state index contributed by atoms with van der Waals surface area (Å²) in [5, 5.41) is 22.7. The minimum absolute atomic E-state index is 0.00228. The first-order chi connectivity index (χ1) is 24.9. The van der Waals surface area contributed by atoms with E-state index in [1.807, 2.05) is 27.7 Å². The Labute approximate surface area is 319 Å². The third kappa shape index (κ3) is 7.81. The first-order valence-corrected chi connectivity index (χ1v) is 20.5. The Morgan fingerprint density at radius 3 is 1.87 bits per heavy atom. The molecule has 0 radical (unpaired) electrons. The Bertz CT molecular complexity index is 1530. The second kappa shape index (κ2) is 13.2. The standard InChI is InChI=1S/C42H62O12/c1-8-28(32(44)52-41-16-25-10-26(17-41)13-38(12-25,20-41)35(47)54-36(3,4)5)11-29(9-24(2)31(43)50-30-19-37(6,7)51-34(30)46)33(45)53-42-18-27-14-39(48,22-42)21-40(49,15-27)23-42/h24-30,48-49H,8-23H2,1-7H3. The lowest BCUT2D eigenvalue weighted by atomic mass is 9.48.